The molecule has 0 amide bonds. The quantitative estimate of drug-likeness (QED) is 0.348. The summed E-state index contributed by atoms with van der Waals surface area (Å²) in [6.45, 7) is 9.55. The van der Waals surface area contributed by atoms with Gasteiger partial charge >= 0.3 is 7.60 Å². The summed E-state index contributed by atoms with van der Waals surface area (Å²) in [5.41, 5.74) is 0.452. The predicted molar refractivity (Wildman–Crippen MR) is 102 cm³/mol. The minimum absolute atomic E-state index is 0.349. The first kappa shape index (κ1) is 21.1. The van der Waals surface area contributed by atoms with Crippen molar-refractivity contribution in [2.75, 3.05) is 19.8 Å². The molecule has 0 aliphatic rings. The molecular weight excluding hydrogens is 321 g/mol. The van der Waals surface area contributed by atoms with Crippen molar-refractivity contribution in [3.05, 3.63) is 35.9 Å². The minimum Gasteiger partial charge on any atom is -0.308 e. The molecule has 24 heavy (non-hydrogen) atoms. The fourth-order valence-corrected chi connectivity index (χ4v) is 4.58. The summed E-state index contributed by atoms with van der Waals surface area (Å²) >= 11 is 0. The smallest absolute Gasteiger partial charge is 0.308 e. The van der Waals surface area contributed by atoms with Crippen LogP contribution in [0.15, 0.2) is 35.3 Å². The predicted octanol–water partition coefficient (Wildman–Crippen LogP) is 5.89. The Hall–Kier alpha value is -0.960. The van der Waals surface area contributed by atoms with Gasteiger partial charge in [0.1, 0.15) is 5.66 Å². The molecule has 2 unspecified atom stereocenters. The Morgan fingerprint density at radius 2 is 1.71 bits per heavy atom. The van der Waals surface area contributed by atoms with Gasteiger partial charge in [0.05, 0.1) is 13.2 Å². The molecule has 4 nitrogen and oxygen atoms in total. The molecule has 0 aromatic heterocycles. The number of nitrogens with zero attached hydrogens (tertiary/aromatic N) is 1. The molecule has 0 saturated heterocycles. The molecule has 1 rings (SSSR count). The summed E-state index contributed by atoms with van der Waals surface area (Å²) in [6, 6.07) is 9.70. The van der Waals surface area contributed by atoms with Gasteiger partial charge in [-0.2, -0.15) is 0 Å². The van der Waals surface area contributed by atoms with Gasteiger partial charge in [-0.1, -0.05) is 57.0 Å². The van der Waals surface area contributed by atoms with Gasteiger partial charge in [0.15, 0.2) is 0 Å². The van der Waals surface area contributed by atoms with Crippen LogP contribution in [0.5, 0.6) is 0 Å². The molecule has 0 aliphatic carbocycles. The topological polar surface area (TPSA) is 47.9 Å². The Balaban J connectivity index is 2.92. The SMILES string of the molecule is CCCC(C)CCN=CC(c1ccccc1)P(=O)(OCC)OCC. The Bertz CT molecular complexity index is 509. The van der Waals surface area contributed by atoms with Gasteiger partial charge < -0.3 is 9.05 Å². The fraction of sp³-hybridized carbons (Fsp3) is 0.632. The van der Waals surface area contributed by atoms with Gasteiger partial charge in [-0.05, 0) is 31.7 Å². The maximum absolute atomic E-state index is 13.2. The standard InChI is InChI=1S/C19H32NO3P/c1-5-11-17(4)14-15-20-16-19(18-12-9-8-10-13-18)24(21,22-6-2)23-7-3/h8-10,12-13,16-17,19H,5-7,11,14-15H2,1-4H3. The van der Waals surface area contributed by atoms with E-state index in [0.29, 0.717) is 19.1 Å². The van der Waals surface area contributed by atoms with Gasteiger partial charge in [0.2, 0.25) is 0 Å². The highest BCUT2D eigenvalue weighted by Crippen LogP contribution is 2.60. The second kappa shape index (κ2) is 11.6. The van der Waals surface area contributed by atoms with Crippen molar-refractivity contribution in [3.63, 3.8) is 0 Å². The molecule has 0 aliphatic heterocycles. The van der Waals surface area contributed by atoms with E-state index in [2.05, 4.69) is 18.8 Å². The van der Waals surface area contributed by atoms with E-state index in [0.717, 1.165) is 18.5 Å². The van der Waals surface area contributed by atoms with Crippen LogP contribution in [-0.2, 0) is 13.6 Å². The molecular formula is C19H32NO3P. The number of benzene rings is 1. The lowest BCUT2D eigenvalue weighted by Gasteiger charge is -2.24. The third kappa shape index (κ3) is 6.88. The first-order chi connectivity index (χ1) is 11.6. The number of hydrogen-bond donors (Lipinski definition) is 0. The Morgan fingerprint density at radius 3 is 2.25 bits per heavy atom. The number of hydrogen-bond acceptors (Lipinski definition) is 4. The molecule has 0 fully saturated rings. The van der Waals surface area contributed by atoms with Crippen molar-refractivity contribution in [3.8, 4) is 0 Å². The van der Waals surface area contributed by atoms with E-state index in [1.54, 1.807) is 6.21 Å². The number of aliphatic imine (C=N–C) groups is 1. The molecule has 0 spiro atoms. The Labute approximate surface area is 147 Å². The first-order valence-corrected chi connectivity index (χ1v) is 10.6. The molecule has 0 radical (unpaired) electrons. The average molecular weight is 353 g/mol. The Morgan fingerprint density at radius 1 is 1.08 bits per heavy atom. The van der Waals surface area contributed by atoms with Gasteiger partial charge in [0, 0.05) is 12.8 Å². The first-order valence-electron chi connectivity index (χ1n) is 9.01. The third-order valence-corrected chi connectivity index (χ3v) is 6.23. The highest BCUT2D eigenvalue weighted by molar-refractivity contribution is 7.55. The van der Waals surface area contributed by atoms with Gasteiger partial charge in [-0.15, -0.1) is 0 Å². The van der Waals surface area contributed by atoms with Gasteiger partial charge in [0.25, 0.3) is 0 Å². The summed E-state index contributed by atoms with van der Waals surface area (Å²) < 4.78 is 24.3. The van der Waals surface area contributed by atoms with Crippen LogP contribution < -0.4 is 0 Å². The van der Waals surface area contributed by atoms with Crippen molar-refractivity contribution in [1.29, 1.82) is 0 Å². The van der Waals surface area contributed by atoms with E-state index < -0.39 is 13.3 Å². The van der Waals surface area contributed by atoms with E-state index in [1.165, 1.54) is 12.8 Å². The van der Waals surface area contributed by atoms with Crippen LogP contribution in [-0.4, -0.2) is 26.0 Å². The summed E-state index contributed by atoms with van der Waals surface area (Å²) in [5.74, 6) is 0.660. The van der Waals surface area contributed by atoms with Crippen LogP contribution in [0.25, 0.3) is 0 Å². The average Bonchev–Trinajstić information content (AvgIpc) is 2.56. The highest BCUT2D eigenvalue weighted by atomic mass is 31.2. The number of rotatable bonds is 12. The molecule has 0 heterocycles. The van der Waals surface area contributed by atoms with E-state index >= 15 is 0 Å². The summed E-state index contributed by atoms with van der Waals surface area (Å²) in [5, 5.41) is 0. The normalized spacial score (nSPS) is 14.8. The summed E-state index contributed by atoms with van der Waals surface area (Å²) in [4.78, 5) is 4.54. The maximum atomic E-state index is 13.2. The molecule has 0 N–H and O–H groups in total. The van der Waals surface area contributed by atoms with E-state index in [1.807, 2.05) is 44.2 Å². The van der Waals surface area contributed by atoms with Crippen molar-refractivity contribution in [1.82, 2.24) is 0 Å². The van der Waals surface area contributed by atoms with Crippen LogP contribution in [0.2, 0.25) is 0 Å². The Kier molecular flexibility index (Phi) is 10.2. The fourth-order valence-electron chi connectivity index (χ4n) is 2.66. The van der Waals surface area contributed by atoms with Crippen LogP contribution >= 0.6 is 7.60 Å². The lowest BCUT2D eigenvalue weighted by atomic mass is 10.0. The molecule has 1 aromatic rings. The zero-order valence-electron chi connectivity index (χ0n) is 15.5. The van der Waals surface area contributed by atoms with Crippen LogP contribution in [0.3, 0.4) is 0 Å². The zero-order valence-corrected chi connectivity index (χ0v) is 16.4. The van der Waals surface area contributed by atoms with E-state index in [-0.39, 0.29) is 0 Å². The van der Waals surface area contributed by atoms with Crippen LogP contribution in [0.1, 0.15) is 58.2 Å². The zero-order chi connectivity index (χ0) is 17.8. The second-order valence-electron chi connectivity index (χ2n) is 5.97. The highest BCUT2D eigenvalue weighted by Gasteiger charge is 2.35. The molecule has 2 atom stereocenters. The van der Waals surface area contributed by atoms with Crippen LogP contribution in [0, 0.1) is 5.92 Å². The molecule has 5 heteroatoms. The lowest BCUT2D eigenvalue weighted by molar-refractivity contribution is 0.217. The summed E-state index contributed by atoms with van der Waals surface area (Å²) in [6.07, 6.45) is 5.22. The van der Waals surface area contributed by atoms with Crippen molar-refractivity contribution < 1.29 is 13.6 Å². The second-order valence-corrected chi connectivity index (χ2v) is 8.12. The van der Waals surface area contributed by atoms with Crippen LogP contribution in [0.4, 0.5) is 0 Å². The maximum Gasteiger partial charge on any atom is 0.343 e. The van der Waals surface area contributed by atoms with Gasteiger partial charge in [-0.25, -0.2) is 0 Å². The van der Waals surface area contributed by atoms with Crippen molar-refractivity contribution >= 4 is 13.8 Å². The summed E-state index contributed by atoms with van der Waals surface area (Å²) in [7, 11) is -3.28. The monoisotopic (exact) mass is 353 g/mol. The van der Waals surface area contributed by atoms with Gasteiger partial charge in [-0.3, -0.25) is 9.56 Å². The van der Waals surface area contributed by atoms with E-state index in [9.17, 15) is 4.57 Å². The molecule has 1 aromatic carbocycles. The minimum atomic E-state index is -3.28. The molecule has 136 valence electrons. The largest absolute Gasteiger partial charge is 0.343 e. The molecule has 0 saturated carbocycles. The van der Waals surface area contributed by atoms with E-state index in [4.69, 9.17) is 9.05 Å². The third-order valence-electron chi connectivity index (χ3n) is 3.88. The van der Waals surface area contributed by atoms with Crippen molar-refractivity contribution in [2.45, 2.75) is 52.6 Å². The van der Waals surface area contributed by atoms with Crippen molar-refractivity contribution in [2.24, 2.45) is 10.9 Å². The molecule has 0 bridgehead atoms. The lowest BCUT2D eigenvalue weighted by Crippen LogP contribution is -2.09.